The van der Waals surface area contributed by atoms with Crippen LogP contribution in [-0.4, -0.2) is 31.3 Å². The molecular weight excluding hydrogens is 342 g/mol. The third-order valence-electron chi connectivity index (χ3n) is 3.60. The first-order valence-corrected chi connectivity index (χ1v) is 7.55. The van der Waals surface area contributed by atoms with Crippen LogP contribution in [0.3, 0.4) is 0 Å². The lowest BCUT2D eigenvalue weighted by Gasteiger charge is -2.32. The molecule has 0 bridgehead atoms. The van der Waals surface area contributed by atoms with Crippen molar-refractivity contribution < 1.29 is 13.5 Å². The Bertz CT molecular complexity index is 667. The molecule has 0 saturated carbocycles. The normalized spacial score (nSPS) is 16.5. The van der Waals surface area contributed by atoms with Crippen LogP contribution in [0.5, 0.6) is 0 Å². The van der Waals surface area contributed by atoms with Gasteiger partial charge < -0.3 is 9.64 Å². The van der Waals surface area contributed by atoms with Crippen LogP contribution in [-0.2, 0) is 10.7 Å². The van der Waals surface area contributed by atoms with Gasteiger partial charge in [-0.15, -0.1) is 0 Å². The molecule has 2 heterocycles. The highest BCUT2D eigenvalue weighted by atomic mass is 79.9. The number of aromatic nitrogens is 1. The number of fused-ring (bicyclic) bond motifs is 1. The predicted molar refractivity (Wildman–Crippen MR) is 82.0 cm³/mol. The molecule has 0 N–H and O–H groups in total. The second-order valence-electron chi connectivity index (χ2n) is 5.17. The Morgan fingerprint density at radius 3 is 2.67 bits per heavy atom. The minimum atomic E-state index is -2.93. The van der Waals surface area contributed by atoms with E-state index in [1.54, 1.807) is 0 Å². The molecule has 0 aliphatic carbocycles. The first kappa shape index (κ1) is 14.7. The molecule has 1 aliphatic heterocycles. The summed E-state index contributed by atoms with van der Waals surface area (Å²) in [6.07, 6.45) is 1.29. The number of pyridine rings is 1. The number of anilines is 1. The summed E-state index contributed by atoms with van der Waals surface area (Å²) in [6, 6.07) is 5.55. The summed E-state index contributed by atoms with van der Waals surface area (Å²) >= 11 is 3.41. The van der Waals surface area contributed by atoms with Crippen molar-refractivity contribution in [3.8, 4) is 0 Å². The average molecular weight is 357 g/mol. The largest absolute Gasteiger partial charge is 0.378 e. The molecule has 1 aromatic carbocycles. The fourth-order valence-corrected chi connectivity index (χ4v) is 2.96. The average Bonchev–Trinajstić information content (AvgIpc) is 2.46. The van der Waals surface area contributed by atoms with Crippen LogP contribution in [0.15, 0.2) is 28.9 Å². The third kappa shape index (κ3) is 2.87. The van der Waals surface area contributed by atoms with E-state index in [0.29, 0.717) is 37.5 Å². The molecule has 0 spiro atoms. The van der Waals surface area contributed by atoms with Gasteiger partial charge in [-0.2, -0.15) is 0 Å². The number of ether oxygens (including phenoxy) is 1. The number of morpholine rings is 1. The second-order valence-corrected chi connectivity index (χ2v) is 6.09. The molecule has 2 aromatic rings. The summed E-state index contributed by atoms with van der Waals surface area (Å²) in [6.45, 7) is 3.22. The fraction of sp³-hybridized carbons (Fsp3) is 0.400. The topological polar surface area (TPSA) is 25.4 Å². The lowest BCUT2D eigenvalue weighted by Crippen LogP contribution is -2.37. The maximum atomic E-state index is 14.0. The highest BCUT2D eigenvalue weighted by molar-refractivity contribution is 9.10. The van der Waals surface area contributed by atoms with Crippen molar-refractivity contribution in [1.29, 1.82) is 0 Å². The van der Waals surface area contributed by atoms with Crippen molar-refractivity contribution in [3.63, 3.8) is 0 Å². The van der Waals surface area contributed by atoms with Gasteiger partial charge in [0.25, 0.3) is 5.92 Å². The minimum absolute atomic E-state index is 0.0324. The van der Waals surface area contributed by atoms with Crippen LogP contribution in [0.1, 0.15) is 12.5 Å². The summed E-state index contributed by atoms with van der Waals surface area (Å²) in [5.41, 5.74) is 1.25. The maximum absolute atomic E-state index is 14.0. The van der Waals surface area contributed by atoms with Gasteiger partial charge in [-0.05, 0) is 18.2 Å². The first-order chi connectivity index (χ1) is 9.97. The summed E-state index contributed by atoms with van der Waals surface area (Å²) in [5, 5.41) is 0.741. The van der Waals surface area contributed by atoms with Gasteiger partial charge in [-0.25, -0.2) is 8.78 Å². The van der Waals surface area contributed by atoms with E-state index < -0.39 is 5.92 Å². The van der Waals surface area contributed by atoms with Gasteiger partial charge >= 0.3 is 0 Å². The molecule has 0 amide bonds. The summed E-state index contributed by atoms with van der Waals surface area (Å²) in [4.78, 5) is 6.15. The first-order valence-electron chi connectivity index (χ1n) is 6.76. The number of hydrogen-bond donors (Lipinski definition) is 0. The number of halogens is 3. The Kier molecular flexibility index (Phi) is 3.84. The Morgan fingerprint density at radius 2 is 2.00 bits per heavy atom. The van der Waals surface area contributed by atoms with E-state index in [0.717, 1.165) is 16.8 Å². The standard InChI is InChI=1S/C15H15BrF2N2O/c1-15(17,18)12-9-19-13-3-2-10(16)8-11(13)14(12)20-4-6-21-7-5-20/h2-3,8-9H,4-7H2,1H3. The van der Waals surface area contributed by atoms with E-state index in [9.17, 15) is 8.78 Å². The third-order valence-corrected chi connectivity index (χ3v) is 4.10. The Morgan fingerprint density at radius 1 is 1.29 bits per heavy atom. The van der Waals surface area contributed by atoms with E-state index in [2.05, 4.69) is 20.9 Å². The Hall–Kier alpha value is -1.27. The molecule has 6 heteroatoms. The van der Waals surface area contributed by atoms with Crippen LogP contribution in [0.4, 0.5) is 14.5 Å². The Labute approximate surface area is 130 Å². The van der Waals surface area contributed by atoms with Crippen LogP contribution in [0.2, 0.25) is 0 Å². The summed E-state index contributed by atoms with van der Waals surface area (Å²) in [7, 11) is 0. The molecule has 0 radical (unpaired) electrons. The number of benzene rings is 1. The quantitative estimate of drug-likeness (QED) is 0.814. The molecule has 1 fully saturated rings. The van der Waals surface area contributed by atoms with Crippen LogP contribution in [0, 0.1) is 0 Å². The lowest BCUT2D eigenvalue weighted by molar-refractivity contribution is 0.0174. The Balaban J connectivity index is 2.26. The number of rotatable bonds is 2. The molecule has 3 rings (SSSR count). The van der Waals surface area contributed by atoms with E-state index in [4.69, 9.17) is 4.74 Å². The second kappa shape index (κ2) is 5.50. The van der Waals surface area contributed by atoms with Crippen LogP contribution >= 0.6 is 15.9 Å². The monoisotopic (exact) mass is 356 g/mol. The van der Waals surface area contributed by atoms with E-state index >= 15 is 0 Å². The highest BCUT2D eigenvalue weighted by Crippen LogP contribution is 2.39. The van der Waals surface area contributed by atoms with Crippen LogP contribution < -0.4 is 4.90 Å². The van der Waals surface area contributed by atoms with E-state index in [1.807, 2.05) is 23.1 Å². The molecule has 3 nitrogen and oxygen atoms in total. The SMILES string of the molecule is CC(F)(F)c1cnc2ccc(Br)cc2c1N1CCOCC1. The summed E-state index contributed by atoms with van der Waals surface area (Å²) in [5.74, 6) is -2.93. The fourth-order valence-electron chi connectivity index (χ4n) is 2.60. The van der Waals surface area contributed by atoms with Crippen molar-refractivity contribution in [2.45, 2.75) is 12.8 Å². The van der Waals surface area contributed by atoms with Gasteiger partial charge in [0, 0.05) is 36.1 Å². The summed E-state index contributed by atoms with van der Waals surface area (Å²) < 4.78 is 34.2. The molecule has 0 atom stereocenters. The minimum Gasteiger partial charge on any atom is -0.378 e. The van der Waals surface area contributed by atoms with Crippen molar-refractivity contribution >= 4 is 32.5 Å². The number of alkyl halides is 2. The molecule has 0 unspecified atom stereocenters. The van der Waals surface area contributed by atoms with Gasteiger partial charge in [0.1, 0.15) is 0 Å². The molecule has 1 aromatic heterocycles. The molecule has 1 aliphatic rings. The van der Waals surface area contributed by atoms with E-state index in [1.165, 1.54) is 6.20 Å². The molecule has 112 valence electrons. The van der Waals surface area contributed by atoms with Gasteiger partial charge in [0.15, 0.2) is 0 Å². The van der Waals surface area contributed by atoms with Gasteiger partial charge in [-0.1, -0.05) is 15.9 Å². The number of nitrogens with zero attached hydrogens (tertiary/aromatic N) is 2. The zero-order valence-electron chi connectivity index (χ0n) is 11.6. The zero-order valence-corrected chi connectivity index (χ0v) is 13.2. The van der Waals surface area contributed by atoms with Crippen molar-refractivity contribution in [2.75, 3.05) is 31.2 Å². The van der Waals surface area contributed by atoms with Gasteiger partial charge in [0.2, 0.25) is 0 Å². The van der Waals surface area contributed by atoms with Crippen molar-refractivity contribution in [3.05, 3.63) is 34.4 Å². The highest BCUT2D eigenvalue weighted by Gasteiger charge is 2.32. The zero-order chi connectivity index (χ0) is 15.0. The van der Waals surface area contributed by atoms with Crippen LogP contribution in [0.25, 0.3) is 10.9 Å². The smallest absolute Gasteiger partial charge is 0.274 e. The van der Waals surface area contributed by atoms with Gasteiger partial charge in [-0.3, -0.25) is 4.98 Å². The molecule has 1 saturated heterocycles. The van der Waals surface area contributed by atoms with Gasteiger partial charge in [0.05, 0.1) is 30.0 Å². The maximum Gasteiger partial charge on any atom is 0.274 e. The molecular formula is C15H15BrF2N2O. The van der Waals surface area contributed by atoms with Crippen molar-refractivity contribution in [1.82, 2.24) is 4.98 Å². The predicted octanol–water partition coefficient (Wildman–Crippen LogP) is 3.95. The lowest BCUT2D eigenvalue weighted by atomic mass is 10.0. The molecule has 21 heavy (non-hydrogen) atoms. The van der Waals surface area contributed by atoms with Crippen molar-refractivity contribution in [2.24, 2.45) is 0 Å². The van der Waals surface area contributed by atoms with E-state index in [-0.39, 0.29) is 5.56 Å². The number of hydrogen-bond acceptors (Lipinski definition) is 3.